The maximum absolute atomic E-state index is 12.2. The lowest BCUT2D eigenvalue weighted by atomic mass is 9.95. The van der Waals surface area contributed by atoms with E-state index in [4.69, 9.17) is 19.6 Å². The van der Waals surface area contributed by atoms with Crippen LogP contribution in [-0.4, -0.2) is 18.0 Å². The number of aryl methyl sites for hydroxylation is 2. The average molecular weight is 382 g/mol. The minimum absolute atomic E-state index is 0.405. The summed E-state index contributed by atoms with van der Waals surface area (Å²) in [4.78, 5) is 44.9. The van der Waals surface area contributed by atoms with Crippen LogP contribution in [-0.2, 0) is 19.6 Å². The molecule has 0 N–H and O–H groups in total. The minimum atomic E-state index is -0.633. The quantitative estimate of drug-likeness (QED) is 0.542. The van der Waals surface area contributed by atoms with E-state index in [2.05, 4.69) is 0 Å². The van der Waals surface area contributed by atoms with Crippen molar-refractivity contribution in [3.8, 4) is 0 Å². The molecule has 6 nitrogen and oxygen atoms in total. The van der Waals surface area contributed by atoms with Gasteiger partial charge in [0.25, 0.3) is 0 Å². The lowest BCUT2D eigenvalue weighted by Crippen LogP contribution is -2.30. The summed E-state index contributed by atoms with van der Waals surface area (Å²) in [6.07, 6.45) is 3.52. The molecular weight excluding hydrogens is 360 g/mol. The maximum atomic E-state index is 12.2. The minimum Gasteiger partial charge on any atom is -0.292 e. The Morgan fingerprint density at radius 3 is 2.04 bits per heavy atom. The lowest BCUT2D eigenvalue weighted by Gasteiger charge is -2.26. The number of carbonyl (C=O) groups is 2. The standard InChI is InChI=1S/C22H22O6/c1-15-9-3-5-11-17(15)21(23)27-25-19-13-7-8-14-20(19)26-28-22(24)18-12-6-4-10-16(18)2/h3-7,9-12,19H,8,13-14H2,1-2H3. The molecule has 6 heteroatoms. The van der Waals surface area contributed by atoms with Crippen LogP contribution in [0.2, 0.25) is 0 Å². The highest BCUT2D eigenvalue weighted by atomic mass is 17.2. The predicted molar refractivity (Wildman–Crippen MR) is 101 cm³/mol. The molecule has 0 amide bonds. The number of hydrogen-bond donors (Lipinski definition) is 0. The van der Waals surface area contributed by atoms with Crippen molar-refractivity contribution in [2.24, 2.45) is 0 Å². The van der Waals surface area contributed by atoms with Gasteiger partial charge in [-0.05, 0) is 62.8 Å². The summed E-state index contributed by atoms with van der Waals surface area (Å²) in [6, 6.07) is 14.1. The van der Waals surface area contributed by atoms with Crippen molar-refractivity contribution < 1.29 is 29.1 Å². The molecule has 2 aromatic carbocycles. The fourth-order valence-corrected chi connectivity index (χ4v) is 2.88. The van der Waals surface area contributed by atoms with Crippen molar-refractivity contribution in [1.29, 1.82) is 0 Å². The molecule has 0 aromatic heterocycles. The van der Waals surface area contributed by atoms with E-state index in [1.54, 1.807) is 24.3 Å². The number of carbonyl (C=O) groups excluding carboxylic acids is 2. The topological polar surface area (TPSA) is 71.1 Å². The molecule has 0 aliphatic heterocycles. The van der Waals surface area contributed by atoms with E-state index < -0.39 is 18.0 Å². The Morgan fingerprint density at radius 1 is 0.857 bits per heavy atom. The fourth-order valence-electron chi connectivity index (χ4n) is 2.88. The first-order chi connectivity index (χ1) is 13.6. The molecule has 1 atom stereocenters. The maximum Gasteiger partial charge on any atom is 0.373 e. The van der Waals surface area contributed by atoms with Crippen LogP contribution in [0.25, 0.3) is 0 Å². The molecule has 28 heavy (non-hydrogen) atoms. The van der Waals surface area contributed by atoms with E-state index in [9.17, 15) is 9.59 Å². The van der Waals surface area contributed by atoms with E-state index in [0.29, 0.717) is 30.1 Å². The summed E-state index contributed by atoms with van der Waals surface area (Å²) < 4.78 is 0. The van der Waals surface area contributed by atoms with Gasteiger partial charge in [0.2, 0.25) is 0 Å². The fraction of sp³-hybridized carbons (Fsp3) is 0.273. The number of rotatable bonds is 6. The van der Waals surface area contributed by atoms with Gasteiger partial charge < -0.3 is 0 Å². The Bertz CT molecular complexity index is 762. The summed E-state index contributed by atoms with van der Waals surface area (Å²) in [5.74, 6) is -1.17. The van der Waals surface area contributed by atoms with Crippen LogP contribution in [0.3, 0.4) is 0 Å². The number of benzene rings is 2. The second kappa shape index (κ2) is 9.48. The zero-order valence-electron chi connectivity index (χ0n) is 15.8. The Balaban J connectivity index is 1.55. The highest BCUT2D eigenvalue weighted by molar-refractivity contribution is 5.91. The van der Waals surface area contributed by atoms with Crippen molar-refractivity contribution in [2.75, 3.05) is 0 Å². The molecule has 0 saturated heterocycles. The Kier molecular flexibility index (Phi) is 6.79. The predicted octanol–water partition coefficient (Wildman–Crippen LogP) is 4.47. The van der Waals surface area contributed by atoms with Crippen LogP contribution >= 0.6 is 0 Å². The van der Waals surface area contributed by atoms with Crippen LogP contribution in [0.15, 0.2) is 48.5 Å². The summed E-state index contributed by atoms with van der Waals surface area (Å²) in [5, 5.41) is 0. The van der Waals surface area contributed by atoms with Crippen LogP contribution in [0.1, 0.15) is 51.1 Å². The first kappa shape index (κ1) is 20.0. The van der Waals surface area contributed by atoms with E-state index in [0.717, 1.165) is 17.5 Å². The zero-order valence-corrected chi connectivity index (χ0v) is 15.8. The van der Waals surface area contributed by atoms with Gasteiger partial charge in [-0.3, -0.25) is 9.78 Å². The highest BCUT2D eigenvalue weighted by Crippen LogP contribution is 2.30. The van der Waals surface area contributed by atoms with E-state index >= 15 is 0 Å². The molecule has 0 spiro atoms. The van der Waals surface area contributed by atoms with Crippen LogP contribution in [0.5, 0.6) is 0 Å². The van der Waals surface area contributed by atoms with Crippen molar-refractivity contribution >= 4 is 11.9 Å². The molecular formula is C22H22O6. The normalized spacial score (nSPS) is 17.1. The van der Waals surface area contributed by atoms with E-state index in [-0.39, 0.29) is 0 Å². The van der Waals surface area contributed by atoms with Crippen molar-refractivity contribution in [1.82, 2.24) is 0 Å². The van der Waals surface area contributed by atoms with Gasteiger partial charge in [0, 0.05) is 0 Å². The van der Waals surface area contributed by atoms with Crippen molar-refractivity contribution in [3.05, 3.63) is 83.3 Å². The Hall–Kier alpha value is -2.70. The van der Waals surface area contributed by atoms with Gasteiger partial charge in [0.15, 0.2) is 6.10 Å². The third-order valence-corrected chi connectivity index (χ3v) is 4.53. The van der Waals surface area contributed by atoms with Gasteiger partial charge in [-0.15, -0.1) is 0 Å². The smallest absolute Gasteiger partial charge is 0.292 e. The van der Waals surface area contributed by atoms with Gasteiger partial charge in [0.05, 0.1) is 11.1 Å². The first-order valence-corrected chi connectivity index (χ1v) is 9.11. The van der Waals surface area contributed by atoms with Crippen LogP contribution < -0.4 is 0 Å². The number of hydrogen-bond acceptors (Lipinski definition) is 6. The molecule has 1 saturated carbocycles. The van der Waals surface area contributed by atoms with Crippen molar-refractivity contribution in [2.45, 2.75) is 39.2 Å². The van der Waals surface area contributed by atoms with E-state index in [1.165, 1.54) is 0 Å². The highest BCUT2D eigenvalue weighted by Gasteiger charge is 2.33. The summed E-state index contributed by atoms with van der Waals surface area (Å²) in [5.41, 5.74) is 2.43. The van der Waals surface area contributed by atoms with Gasteiger partial charge in [-0.25, -0.2) is 9.59 Å². The Labute approximate surface area is 164 Å². The molecule has 0 heterocycles. The summed E-state index contributed by atoms with van der Waals surface area (Å²) in [7, 11) is 0. The van der Waals surface area contributed by atoms with Gasteiger partial charge in [0.1, 0.15) is 6.10 Å². The van der Waals surface area contributed by atoms with Crippen LogP contribution in [0, 0.1) is 26.4 Å². The average Bonchev–Trinajstić information content (AvgIpc) is 2.71. The largest absolute Gasteiger partial charge is 0.373 e. The molecule has 2 radical (unpaired) electrons. The molecule has 3 rings (SSSR count). The Morgan fingerprint density at radius 2 is 1.43 bits per heavy atom. The zero-order chi connectivity index (χ0) is 19.9. The third kappa shape index (κ3) is 4.97. The SMILES string of the molecule is Cc1ccccc1C(=O)OO[C]1CC[CH]CC1OOC(=O)c1ccccc1C. The van der Waals surface area contributed by atoms with Gasteiger partial charge in [-0.1, -0.05) is 36.4 Å². The van der Waals surface area contributed by atoms with Gasteiger partial charge in [-0.2, -0.15) is 9.78 Å². The first-order valence-electron chi connectivity index (χ1n) is 9.11. The van der Waals surface area contributed by atoms with Gasteiger partial charge >= 0.3 is 11.9 Å². The van der Waals surface area contributed by atoms with Crippen LogP contribution in [0.4, 0.5) is 0 Å². The van der Waals surface area contributed by atoms with E-state index in [1.807, 2.05) is 44.5 Å². The lowest BCUT2D eigenvalue weighted by molar-refractivity contribution is -0.317. The molecule has 146 valence electrons. The molecule has 1 unspecified atom stereocenters. The monoisotopic (exact) mass is 382 g/mol. The molecule has 1 aliphatic rings. The summed E-state index contributed by atoms with van der Waals surface area (Å²) in [6.45, 7) is 3.63. The second-order valence-corrected chi connectivity index (χ2v) is 6.57. The molecule has 1 fully saturated rings. The summed E-state index contributed by atoms with van der Waals surface area (Å²) >= 11 is 0. The second-order valence-electron chi connectivity index (χ2n) is 6.57. The van der Waals surface area contributed by atoms with Crippen molar-refractivity contribution in [3.63, 3.8) is 0 Å². The molecule has 2 aromatic rings. The molecule has 1 aliphatic carbocycles. The third-order valence-electron chi connectivity index (χ3n) is 4.53. The molecule has 0 bridgehead atoms.